The summed E-state index contributed by atoms with van der Waals surface area (Å²) in [7, 11) is 0. The van der Waals surface area contributed by atoms with Crippen LogP contribution in [0.25, 0.3) is 10.2 Å². The number of rotatable bonds is 4. The van der Waals surface area contributed by atoms with Gasteiger partial charge in [0.1, 0.15) is 4.83 Å². The summed E-state index contributed by atoms with van der Waals surface area (Å²) < 4.78 is 1.58. The zero-order valence-electron chi connectivity index (χ0n) is 9.27. The van der Waals surface area contributed by atoms with Crippen LogP contribution >= 0.6 is 11.3 Å². The highest BCUT2D eigenvalue weighted by Crippen LogP contribution is 2.21. The quantitative estimate of drug-likeness (QED) is 0.762. The normalized spacial score (nSPS) is 10.8. The van der Waals surface area contributed by atoms with E-state index in [0.29, 0.717) is 6.54 Å². The van der Waals surface area contributed by atoms with Crippen LogP contribution in [0.1, 0.15) is 18.2 Å². The summed E-state index contributed by atoms with van der Waals surface area (Å²) in [5, 5.41) is 0.734. The maximum atomic E-state index is 12.0. The number of aromatic nitrogens is 2. The molecule has 0 atom stereocenters. The van der Waals surface area contributed by atoms with Crippen LogP contribution in [0.5, 0.6) is 0 Å². The SMILES string of the molecule is C=CCn1cnc2sc(CCC)cc2c1=O. The minimum absolute atomic E-state index is 0.0310. The van der Waals surface area contributed by atoms with E-state index < -0.39 is 0 Å². The van der Waals surface area contributed by atoms with E-state index in [1.807, 2.05) is 6.07 Å². The fraction of sp³-hybridized carbons (Fsp3) is 0.333. The molecule has 0 unspecified atom stereocenters. The third-order valence-corrected chi connectivity index (χ3v) is 3.49. The van der Waals surface area contributed by atoms with Gasteiger partial charge in [0, 0.05) is 11.4 Å². The second-order valence-corrected chi connectivity index (χ2v) is 4.79. The predicted octanol–water partition coefficient (Wildman–Crippen LogP) is 2.60. The Morgan fingerprint density at radius 3 is 3.12 bits per heavy atom. The van der Waals surface area contributed by atoms with Gasteiger partial charge in [-0.15, -0.1) is 17.9 Å². The van der Waals surface area contributed by atoms with Crippen molar-refractivity contribution in [1.82, 2.24) is 9.55 Å². The monoisotopic (exact) mass is 234 g/mol. The molecule has 2 aromatic heterocycles. The molecular formula is C12H14N2OS. The largest absolute Gasteiger partial charge is 0.295 e. The predicted molar refractivity (Wildman–Crippen MR) is 68.1 cm³/mol. The van der Waals surface area contributed by atoms with Crippen LogP contribution in [0.3, 0.4) is 0 Å². The van der Waals surface area contributed by atoms with Gasteiger partial charge < -0.3 is 0 Å². The Morgan fingerprint density at radius 1 is 1.62 bits per heavy atom. The molecule has 2 aromatic rings. The number of hydrogen-bond acceptors (Lipinski definition) is 3. The first kappa shape index (κ1) is 11.1. The van der Waals surface area contributed by atoms with E-state index in [1.54, 1.807) is 28.3 Å². The molecule has 0 aliphatic carbocycles. The van der Waals surface area contributed by atoms with Crippen LogP contribution in [0.15, 0.2) is 29.8 Å². The molecular weight excluding hydrogens is 220 g/mol. The Balaban J connectivity index is 2.55. The molecule has 16 heavy (non-hydrogen) atoms. The van der Waals surface area contributed by atoms with Crippen LogP contribution < -0.4 is 5.56 Å². The van der Waals surface area contributed by atoms with E-state index >= 15 is 0 Å². The van der Waals surface area contributed by atoms with Crippen molar-refractivity contribution in [3.8, 4) is 0 Å². The average Bonchev–Trinajstić information content (AvgIpc) is 2.67. The van der Waals surface area contributed by atoms with Gasteiger partial charge in [-0.25, -0.2) is 4.98 Å². The molecule has 2 rings (SSSR count). The standard InChI is InChI=1S/C12H14N2OS/c1-3-5-9-7-10-11(16-9)13-8-14(6-4-2)12(10)15/h4,7-8H,2-3,5-6H2,1H3. The maximum Gasteiger partial charge on any atom is 0.262 e. The third-order valence-electron chi connectivity index (χ3n) is 2.39. The number of allylic oxidation sites excluding steroid dienone is 1. The lowest BCUT2D eigenvalue weighted by atomic mass is 10.2. The lowest BCUT2D eigenvalue weighted by Gasteiger charge is -1.99. The van der Waals surface area contributed by atoms with Crippen molar-refractivity contribution in [2.45, 2.75) is 26.3 Å². The molecule has 0 radical (unpaired) electrons. The summed E-state index contributed by atoms with van der Waals surface area (Å²) in [6.45, 7) is 6.27. The third kappa shape index (κ3) is 1.93. The van der Waals surface area contributed by atoms with Gasteiger partial charge in [0.2, 0.25) is 0 Å². The molecule has 3 nitrogen and oxygen atoms in total. The Labute approximate surface area is 98.1 Å². The molecule has 2 heterocycles. The van der Waals surface area contributed by atoms with Crippen LogP contribution in [0.2, 0.25) is 0 Å². The average molecular weight is 234 g/mol. The van der Waals surface area contributed by atoms with Gasteiger partial charge in [-0.2, -0.15) is 0 Å². The van der Waals surface area contributed by atoms with Gasteiger partial charge in [0.15, 0.2) is 0 Å². The first-order valence-corrected chi connectivity index (χ1v) is 6.16. The fourth-order valence-corrected chi connectivity index (χ4v) is 2.74. The summed E-state index contributed by atoms with van der Waals surface area (Å²) in [6, 6.07) is 1.97. The van der Waals surface area contributed by atoms with Gasteiger partial charge in [-0.1, -0.05) is 19.4 Å². The van der Waals surface area contributed by atoms with E-state index in [1.165, 1.54) is 4.88 Å². The summed E-state index contributed by atoms with van der Waals surface area (Å²) in [6.07, 6.45) is 5.41. The summed E-state index contributed by atoms with van der Waals surface area (Å²) >= 11 is 1.61. The van der Waals surface area contributed by atoms with Crippen molar-refractivity contribution < 1.29 is 0 Å². The number of aryl methyl sites for hydroxylation is 1. The Morgan fingerprint density at radius 2 is 2.44 bits per heavy atom. The van der Waals surface area contributed by atoms with E-state index in [4.69, 9.17) is 0 Å². The Hall–Kier alpha value is -1.42. The van der Waals surface area contributed by atoms with Crippen LogP contribution in [0, 0.1) is 0 Å². The van der Waals surface area contributed by atoms with Crippen molar-refractivity contribution in [2.75, 3.05) is 0 Å². The summed E-state index contributed by atoms with van der Waals surface area (Å²) in [4.78, 5) is 18.4. The minimum atomic E-state index is 0.0310. The number of hydrogen-bond donors (Lipinski definition) is 0. The van der Waals surface area contributed by atoms with Crippen LogP contribution in [-0.4, -0.2) is 9.55 Å². The Kier molecular flexibility index (Phi) is 3.19. The fourth-order valence-electron chi connectivity index (χ4n) is 1.65. The molecule has 0 fully saturated rings. The van der Waals surface area contributed by atoms with Gasteiger partial charge in [0.25, 0.3) is 5.56 Å². The molecule has 0 spiro atoms. The van der Waals surface area contributed by atoms with Gasteiger partial charge in [0.05, 0.1) is 11.7 Å². The van der Waals surface area contributed by atoms with Crippen LogP contribution in [0.4, 0.5) is 0 Å². The van der Waals surface area contributed by atoms with Crippen molar-refractivity contribution in [3.63, 3.8) is 0 Å². The van der Waals surface area contributed by atoms with Crippen molar-refractivity contribution in [1.29, 1.82) is 0 Å². The first-order chi connectivity index (χ1) is 7.76. The topological polar surface area (TPSA) is 34.9 Å². The lowest BCUT2D eigenvalue weighted by Crippen LogP contribution is -2.18. The molecule has 0 aromatic carbocycles. The van der Waals surface area contributed by atoms with E-state index in [2.05, 4.69) is 18.5 Å². The van der Waals surface area contributed by atoms with Crippen molar-refractivity contribution >= 4 is 21.6 Å². The second kappa shape index (κ2) is 4.61. The molecule has 0 amide bonds. The van der Waals surface area contributed by atoms with Crippen LogP contribution in [-0.2, 0) is 13.0 Å². The number of fused-ring (bicyclic) bond motifs is 1. The molecule has 4 heteroatoms. The van der Waals surface area contributed by atoms with E-state index in [9.17, 15) is 4.79 Å². The van der Waals surface area contributed by atoms with E-state index in [0.717, 1.165) is 23.1 Å². The maximum absolute atomic E-state index is 12.0. The van der Waals surface area contributed by atoms with E-state index in [-0.39, 0.29) is 5.56 Å². The highest BCUT2D eigenvalue weighted by Gasteiger charge is 2.07. The number of thiophene rings is 1. The number of nitrogens with zero attached hydrogens (tertiary/aromatic N) is 2. The van der Waals surface area contributed by atoms with Crippen molar-refractivity contribution in [3.05, 3.63) is 40.3 Å². The highest BCUT2D eigenvalue weighted by atomic mass is 32.1. The highest BCUT2D eigenvalue weighted by molar-refractivity contribution is 7.18. The molecule has 0 bridgehead atoms. The molecule has 0 saturated heterocycles. The van der Waals surface area contributed by atoms with Crippen molar-refractivity contribution in [2.24, 2.45) is 0 Å². The smallest absolute Gasteiger partial charge is 0.262 e. The first-order valence-electron chi connectivity index (χ1n) is 5.35. The minimum Gasteiger partial charge on any atom is -0.295 e. The molecule has 84 valence electrons. The van der Waals surface area contributed by atoms with Gasteiger partial charge in [-0.3, -0.25) is 9.36 Å². The second-order valence-electron chi connectivity index (χ2n) is 3.67. The zero-order chi connectivity index (χ0) is 11.5. The Bertz CT molecular complexity index is 568. The lowest BCUT2D eigenvalue weighted by molar-refractivity contribution is 0.769. The van der Waals surface area contributed by atoms with Gasteiger partial charge >= 0.3 is 0 Å². The summed E-state index contributed by atoms with van der Waals surface area (Å²) in [5.74, 6) is 0. The molecule has 0 saturated carbocycles. The molecule has 0 aliphatic heterocycles. The molecule has 0 N–H and O–H groups in total. The summed E-state index contributed by atoms with van der Waals surface area (Å²) in [5.41, 5.74) is 0.0310. The van der Waals surface area contributed by atoms with Gasteiger partial charge in [-0.05, 0) is 12.5 Å². The zero-order valence-corrected chi connectivity index (χ0v) is 10.1. The molecule has 0 aliphatic rings.